The number of fused-ring (bicyclic) bond motifs is 1. The van der Waals surface area contributed by atoms with Crippen LogP contribution < -0.4 is 15.4 Å². The highest BCUT2D eigenvalue weighted by Gasteiger charge is 2.12. The van der Waals surface area contributed by atoms with Gasteiger partial charge in [0, 0.05) is 23.9 Å². The van der Waals surface area contributed by atoms with E-state index in [4.69, 9.17) is 0 Å². The number of carbonyl (C=O) groups is 2. The zero-order chi connectivity index (χ0) is 19.6. The first-order valence-corrected chi connectivity index (χ1v) is 10.5. The summed E-state index contributed by atoms with van der Waals surface area (Å²) in [4.78, 5) is 27.8. The number of thiazole rings is 1. The molecule has 1 aromatic heterocycles. The molecule has 2 amide bonds. The number of rotatable bonds is 5. The molecule has 0 unspecified atom stereocenters. The maximum atomic E-state index is 12.5. The van der Waals surface area contributed by atoms with Gasteiger partial charge in [0.05, 0.1) is 16.5 Å². The van der Waals surface area contributed by atoms with Crippen LogP contribution in [-0.4, -0.2) is 31.5 Å². The molecule has 2 aromatic carbocycles. The largest absolute Gasteiger partial charge is 0.326 e. The topological polar surface area (TPSA) is 117 Å². The second kappa shape index (κ2) is 7.33. The van der Waals surface area contributed by atoms with Crippen molar-refractivity contribution in [3.8, 4) is 0 Å². The lowest BCUT2D eigenvalue weighted by atomic mass is 10.2. The Balaban J connectivity index is 1.80. The van der Waals surface area contributed by atoms with Crippen molar-refractivity contribution >= 4 is 59.9 Å². The van der Waals surface area contributed by atoms with Crippen molar-refractivity contribution in [2.75, 3.05) is 21.6 Å². The maximum Gasteiger partial charge on any atom is 0.255 e. The SMILES string of the molecule is CC(=O)Nc1cccc(NC(=O)c2ccc3nc(NS(C)(=O)=O)sc3c2)c1. The summed E-state index contributed by atoms with van der Waals surface area (Å²) in [6, 6.07) is 11.7. The average molecular weight is 404 g/mol. The molecule has 0 aliphatic rings. The van der Waals surface area contributed by atoms with Gasteiger partial charge in [-0.05, 0) is 36.4 Å². The molecule has 8 nitrogen and oxygen atoms in total. The highest BCUT2D eigenvalue weighted by Crippen LogP contribution is 2.27. The lowest BCUT2D eigenvalue weighted by Crippen LogP contribution is -2.12. The molecule has 1 heterocycles. The molecule has 3 rings (SSSR count). The molecular formula is C17H16N4O4S2. The first kappa shape index (κ1) is 18.8. The summed E-state index contributed by atoms with van der Waals surface area (Å²) >= 11 is 1.14. The Hall–Kier alpha value is -2.98. The minimum atomic E-state index is -3.42. The first-order valence-electron chi connectivity index (χ1n) is 7.77. The Morgan fingerprint density at radius 2 is 1.74 bits per heavy atom. The van der Waals surface area contributed by atoms with Crippen molar-refractivity contribution in [1.29, 1.82) is 0 Å². The molecule has 140 valence electrons. The van der Waals surface area contributed by atoms with E-state index >= 15 is 0 Å². The normalized spacial score (nSPS) is 11.2. The molecule has 3 N–H and O–H groups in total. The standard InChI is InChI=1S/C17H16N4O4S2/c1-10(22)18-12-4-3-5-13(9-12)19-16(23)11-6-7-14-15(8-11)26-17(20-14)21-27(2,24)25/h3-9H,1-2H3,(H,18,22)(H,19,23)(H,20,21). The summed E-state index contributed by atoms with van der Waals surface area (Å²) in [7, 11) is -3.42. The predicted octanol–water partition coefficient (Wildman–Crippen LogP) is 2.88. The van der Waals surface area contributed by atoms with E-state index in [1.165, 1.54) is 6.92 Å². The number of nitrogens with one attached hydrogen (secondary N) is 3. The lowest BCUT2D eigenvalue weighted by molar-refractivity contribution is -0.114. The van der Waals surface area contributed by atoms with E-state index < -0.39 is 10.0 Å². The van der Waals surface area contributed by atoms with E-state index in [0.29, 0.717) is 27.2 Å². The van der Waals surface area contributed by atoms with Gasteiger partial charge in [0.25, 0.3) is 5.91 Å². The molecule has 0 saturated heterocycles. The summed E-state index contributed by atoms with van der Waals surface area (Å²) < 4.78 is 25.6. The van der Waals surface area contributed by atoms with E-state index in [2.05, 4.69) is 20.3 Å². The first-order chi connectivity index (χ1) is 12.7. The van der Waals surface area contributed by atoms with Crippen LogP contribution >= 0.6 is 11.3 Å². The van der Waals surface area contributed by atoms with Gasteiger partial charge in [0.15, 0.2) is 5.13 Å². The third-order valence-electron chi connectivity index (χ3n) is 3.36. The Morgan fingerprint density at radius 1 is 1.04 bits per heavy atom. The maximum absolute atomic E-state index is 12.5. The Bertz CT molecular complexity index is 1140. The number of aromatic nitrogens is 1. The van der Waals surface area contributed by atoms with Gasteiger partial charge >= 0.3 is 0 Å². The quantitative estimate of drug-likeness (QED) is 0.604. The summed E-state index contributed by atoms with van der Waals surface area (Å²) in [6.07, 6.45) is 1.05. The monoisotopic (exact) mass is 404 g/mol. The van der Waals surface area contributed by atoms with Crippen molar-refractivity contribution < 1.29 is 18.0 Å². The van der Waals surface area contributed by atoms with Crippen LogP contribution in [0.2, 0.25) is 0 Å². The number of carbonyl (C=O) groups excluding carboxylic acids is 2. The molecule has 0 bridgehead atoms. The van der Waals surface area contributed by atoms with Crippen molar-refractivity contribution in [3.63, 3.8) is 0 Å². The number of hydrogen-bond acceptors (Lipinski definition) is 6. The van der Waals surface area contributed by atoms with Crippen LogP contribution in [0.4, 0.5) is 16.5 Å². The van der Waals surface area contributed by atoms with Crippen LogP contribution in [0.5, 0.6) is 0 Å². The fraction of sp³-hybridized carbons (Fsp3) is 0.118. The van der Waals surface area contributed by atoms with Crippen LogP contribution in [-0.2, 0) is 14.8 Å². The van der Waals surface area contributed by atoms with E-state index in [-0.39, 0.29) is 16.9 Å². The molecule has 0 fully saturated rings. The van der Waals surface area contributed by atoms with Crippen molar-refractivity contribution in [2.24, 2.45) is 0 Å². The fourth-order valence-corrected chi connectivity index (χ4v) is 4.09. The number of hydrogen-bond donors (Lipinski definition) is 3. The minimum Gasteiger partial charge on any atom is -0.326 e. The molecule has 27 heavy (non-hydrogen) atoms. The summed E-state index contributed by atoms with van der Waals surface area (Å²) in [5.74, 6) is -0.532. The van der Waals surface area contributed by atoms with E-state index in [1.807, 2.05) is 0 Å². The highest BCUT2D eigenvalue weighted by atomic mass is 32.2. The van der Waals surface area contributed by atoms with Crippen molar-refractivity contribution in [3.05, 3.63) is 48.0 Å². The Labute approximate surface area is 159 Å². The number of sulfonamides is 1. The van der Waals surface area contributed by atoms with Crippen LogP contribution in [0.3, 0.4) is 0 Å². The smallest absolute Gasteiger partial charge is 0.255 e. The highest BCUT2D eigenvalue weighted by molar-refractivity contribution is 7.92. The molecule has 10 heteroatoms. The molecule has 3 aromatic rings. The molecule has 0 radical (unpaired) electrons. The second-order valence-corrected chi connectivity index (χ2v) is 8.57. The predicted molar refractivity (Wildman–Crippen MR) is 107 cm³/mol. The van der Waals surface area contributed by atoms with Crippen molar-refractivity contribution in [2.45, 2.75) is 6.92 Å². The van der Waals surface area contributed by atoms with Crippen LogP contribution in [0, 0.1) is 0 Å². The van der Waals surface area contributed by atoms with Gasteiger partial charge in [0.1, 0.15) is 0 Å². The lowest BCUT2D eigenvalue weighted by Gasteiger charge is -2.08. The second-order valence-electron chi connectivity index (χ2n) is 5.79. The third kappa shape index (κ3) is 5.02. The zero-order valence-corrected chi connectivity index (χ0v) is 16.1. The van der Waals surface area contributed by atoms with Crippen molar-refractivity contribution in [1.82, 2.24) is 4.98 Å². The van der Waals surface area contributed by atoms with Gasteiger partial charge in [-0.25, -0.2) is 13.4 Å². The molecule has 0 atom stereocenters. The number of nitrogens with zero attached hydrogens (tertiary/aromatic N) is 1. The molecular weight excluding hydrogens is 388 g/mol. The minimum absolute atomic E-state index is 0.201. The van der Waals surface area contributed by atoms with Gasteiger partial charge < -0.3 is 10.6 Å². The third-order valence-corrected chi connectivity index (χ3v) is 4.99. The zero-order valence-electron chi connectivity index (χ0n) is 14.4. The van der Waals surface area contributed by atoms with E-state index in [1.54, 1.807) is 42.5 Å². The van der Waals surface area contributed by atoms with Crippen LogP contribution in [0.1, 0.15) is 17.3 Å². The van der Waals surface area contributed by atoms with Crippen LogP contribution in [0.25, 0.3) is 10.2 Å². The fourth-order valence-electron chi connectivity index (χ4n) is 2.35. The Kier molecular flexibility index (Phi) is 5.10. The molecule has 0 aliphatic carbocycles. The Morgan fingerprint density at radius 3 is 2.41 bits per heavy atom. The van der Waals surface area contributed by atoms with Gasteiger partial charge in [-0.15, -0.1) is 0 Å². The molecule has 0 saturated carbocycles. The van der Waals surface area contributed by atoms with Gasteiger partial charge in [-0.2, -0.15) is 0 Å². The van der Waals surface area contributed by atoms with Gasteiger partial charge in [-0.3, -0.25) is 14.3 Å². The van der Waals surface area contributed by atoms with Gasteiger partial charge in [-0.1, -0.05) is 17.4 Å². The average Bonchev–Trinajstić information content (AvgIpc) is 2.93. The van der Waals surface area contributed by atoms with Gasteiger partial charge in [0.2, 0.25) is 15.9 Å². The number of anilines is 3. The van der Waals surface area contributed by atoms with E-state index in [9.17, 15) is 18.0 Å². The van der Waals surface area contributed by atoms with E-state index in [0.717, 1.165) is 17.6 Å². The van der Waals surface area contributed by atoms with Crippen LogP contribution in [0.15, 0.2) is 42.5 Å². The molecule has 0 aliphatic heterocycles. The molecule has 0 spiro atoms. The number of amides is 2. The summed E-state index contributed by atoms with van der Waals surface area (Å²) in [6.45, 7) is 1.41. The summed E-state index contributed by atoms with van der Waals surface area (Å²) in [5, 5.41) is 5.66. The number of benzene rings is 2. The summed E-state index contributed by atoms with van der Waals surface area (Å²) in [5.41, 5.74) is 2.11.